The molecule has 0 spiro atoms. The quantitative estimate of drug-likeness (QED) is 0.765. The summed E-state index contributed by atoms with van der Waals surface area (Å²) in [6.45, 7) is 1.74. The lowest BCUT2D eigenvalue weighted by atomic mass is 10.2. The zero-order chi connectivity index (χ0) is 17.4. The SMILES string of the molecule is Cc1cc(=O)[nH]c(-n2nc(C3CC3)cc2NC(=O)c2ccccc2)n1. The van der Waals surface area contributed by atoms with Gasteiger partial charge in [-0.15, -0.1) is 0 Å². The molecular weight excluding hydrogens is 318 g/mol. The van der Waals surface area contributed by atoms with E-state index in [1.54, 1.807) is 31.2 Å². The molecule has 1 amide bonds. The van der Waals surface area contributed by atoms with Gasteiger partial charge in [0.05, 0.1) is 5.69 Å². The highest BCUT2D eigenvalue weighted by molar-refractivity contribution is 6.03. The molecule has 0 aliphatic heterocycles. The van der Waals surface area contributed by atoms with Crippen LogP contribution in [0.4, 0.5) is 5.82 Å². The maximum Gasteiger partial charge on any atom is 0.256 e. The minimum atomic E-state index is -0.258. The van der Waals surface area contributed by atoms with Crippen LogP contribution in [-0.4, -0.2) is 25.7 Å². The highest BCUT2D eigenvalue weighted by atomic mass is 16.1. The van der Waals surface area contributed by atoms with Crippen LogP contribution in [0.2, 0.25) is 0 Å². The fourth-order valence-corrected chi connectivity index (χ4v) is 2.67. The van der Waals surface area contributed by atoms with Crippen LogP contribution >= 0.6 is 0 Å². The third-order valence-electron chi connectivity index (χ3n) is 4.06. The molecule has 1 fully saturated rings. The van der Waals surface area contributed by atoms with Crippen LogP contribution in [-0.2, 0) is 0 Å². The Labute approximate surface area is 143 Å². The van der Waals surface area contributed by atoms with Gasteiger partial charge in [0, 0.05) is 29.3 Å². The van der Waals surface area contributed by atoms with Crippen molar-refractivity contribution in [2.45, 2.75) is 25.7 Å². The second-order valence-corrected chi connectivity index (χ2v) is 6.17. The van der Waals surface area contributed by atoms with Gasteiger partial charge in [-0.3, -0.25) is 14.6 Å². The molecule has 7 heteroatoms. The number of nitrogens with one attached hydrogen (secondary N) is 2. The average molecular weight is 335 g/mol. The predicted octanol–water partition coefficient (Wildman–Crippen LogP) is 2.39. The van der Waals surface area contributed by atoms with Crippen molar-refractivity contribution in [3.63, 3.8) is 0 Å². The van der Waals surface area contributed by atoms with Crippen LogP contribution in [0.1, 0.15) is 40.5 Å². The van der Waals surface area contributed by atoms with Gasteiger partial charge < -0.3 is 5.32 Å². The Bertz CT molecular complexity index is 986. The molecular formula is C18H17N5O2. The number of hydrogen-bond donors (Lipinski definition) is 2. The number of H-pyrrole nitrogens is 1. The highest BCUT2D eigenvalue weighted by Gasteiger charge is 2.28. The number of aromatic nitrogens is 4. The molecule has 3 aromatic rings. The fraction of sp³-hybridized carbons (Fsp3) is 0.222. The number of carbonyl (C=O) groups is 1. The first kappa shape index (κ1) is 15.3. The Morgan fingerprint density at radius 2 is 2.00 bits per heavy atom. The molecule has 0 bridgehead atoms. The van der Waals surface area contributed by atoms with E-state index < -0.39 is 0 Å². The Hall–Kier alpha value is -3.22. The highest BCUT2D eigenvalue weighted by Crippen LogP contribution is 2.40. The van der Waals surface area contributed by atoms with Crippen LogP contribution < -0.4 is 10.9 Å². The normalized spacial score (nSPS) is 13.6. The van der Waals surface area contributed by atoms with E-state index in [9.17, 15) is 9.59 Å². The smallest absolute Gasteiger partial charge is 0.256 e. The summed E-state index contributed by atoms with van der Waals surface area (Å²) >= 11 is 0. The predicted molar refractivity (Wildman–Crippen MR) is 93.1 cm³/mol. The van der Waals surface area contributed by atoms with Crippen molar-refractivity contribution in [2.75, 3.05) is 5.32 Å². The zero-order valence-electron chi connectivity index (χ0n) is 13.7. The molecule has 0 unspecified atom stereocenters. The number of hydrogen-bond acceptors (Lipinski definition) is 4. The number of rotatable bonds is 4. The summed E-state index contributed by atoms with van der Waals surface area (Å²) in [7, 11) is 0. The van der Waals surface area contributed by atoms with Gasteiger partial charge in [0.15, 0.2) is 0 Å². The summed E-state index contributed by atoms with van der Waals surface area (Å²) in [6.07, 6.45) is 2.17. The van der Waals surface area contributed by atoms with Gasteiger partial charge in [0.25, 0.3) is 11.5 Å². The molecule has 1 aliphatic carbocycles. The molecule has 0 radical (unpaired) electrons. The van der Waals surface area contributed by atoms with Gasteiger partial charge >= 0.3 is 0 Å². The van der Waals surface area contributed by atoms with Gasteiger partial charge in [-0.2, -0.15) is 9.78 Å². The molecule has 0 saturated heterocycles. The Morgan fingerprint density at radius 3 is 2.68 bits per heavy atom. The topological polar surface area (TPSA) is 92.7 Å². The molecule has 2 aromatic heterocycles. The van der Waals surface area contributed by atoms with Gasteiger partial charge in [0.2, 0.25) is 5.95 Å². The molecule has 1 aromatic carbocycles. The molecule has 4 rings (SSSR count). The minimum absolute atomic E-state index is 0.237. The van der Waals surface area contributed by atoms with E-state index in [0.717, 1.165) is 18.5 Å². The first-order valence-corrected chi connectivity index (χ1v) is 8.15. The van der Waals surface area contributed by atoms with Crippen LogP contribution in [0.5, 0.6) is 0 Å². The van der Waals surface area contributed by atoms with Crippen molar-refractivity contribution in [3.05, 3.63) is 69.8 Å². The van der Waals surface area contributed by atoms with Crippen LogP contribution in [0.15, 0.2) is 47.3 Å². The van der Waals surface area contributed by atoms with Crippen molar-refractivity contribution in [2.24, 2.45) is 0 Å². The van der Waals surface area contributed by atoms with E-state index in [4.69, 9.17) is 0 Å². The molecule has 2 N–H and O–H groups in total. The molecule has 1 aliphatic rings. The van der Waals surface area contributed by atoms with Crippen molar-refractivity contribution in [1.82, 2.24) is 19.7 Å². The lowest BCUT2D eigenvalue weighted by molar-refractivity contribution is 0.102. The van der Waals surface area contributed by atoms with E-state index in [-0.39, 0.29) is 11.5 Å². The van der Waals surface area contributed by atoms with Crippen molar-refractivity contribution < 1.29 is 4.79 Å². The molecule has 126 valence electrons. The zero-order valence-corrected chi connectivity index (χ0v) is 13.7. The van der Waals surface area contributed by atoms with Crippen molar-refractivity contribution >= 4 is 11.7 Å². The lowest BCUT2D eigenvalue weighted by Gasteiger charge is -2.08. The Balaban J connectivity index is 1.73. The third-order valence-corrected chi connectivity index (χ3v) is 4.06. The average Bonchev–Trinajstić information content (AvgIpc) is 3.36. The number of amides is 1. The molecule has 0 atom stereocenters. The van der Waals surface area contributed by atoms with Gasteiger partial charge in [-0.1, -0.05) is 18.2 Å². The largest absolute Gasteiger partial charge is 0.306 e. The van der Waals surface area contributed by atoms with E-state index in [2.05, 4.69) is 20.4 Å². The second kappa shape index (κ2) is 6.01. The summed E-state index contributed by atoms with van der Waals surface area (Å²) in [4.78, 5) is 31.3. The standard InChI is InChI=1S/C18H17N5O2/c1-11-9-16(24)21-18(19-11)23-15(10-14(22-23)12-7-8-12)20-17(25)13-5-3-2-4-6-13/h2-6,9-10,12H,7-8H2,1H3,(H,20,25)(H,19,21,24). The van der Waals surface area contributed by atoms with Crippen LogP contribution in [0.25, 0.3) is 5.95 Å². The maximum absolute atomic E-state index is 12.5. The summed E-state index contributed by atoms with van der Waals surface area (Å²) < 4.78 is 1.49. The van der Waals surface area contributed by atoms with Crippen molar-refractivity contribution in [1.29, 1.82) is 0 Å². The van der Waals surface area contributed by atoms with E-state index in [1.165, 1.54) is 10.7 Å². The number of aromatic amines is 1. The first-order chi connectivity index (χ1) is 12.1. The first-order valence-electron chi connectivity index (χ1n) is 8.15. The van der Waals surface area contributed by atoms with Gasteiger partial charge in [0.1, 0.15) is 5.82 Å². The lowest BCUT2D eigenvalue weighted by Crippen LogP contribution is -2.18. The molecule has 1 saturated carbocycles. The molecule has 25 heavy (non-hydrogen) atoms. The molecule has 2 heterocycles. The number of nitrogens with zero attached hydrogens (tertiary/aromatic N) is 3. The van der Waals surface area contributed by atoms with Crippen molar-refractivity contribution in [3.8, 4) is 5.95 Å². The van der Waals surface area contributed by atoms with Crippen LogP contribution in [0.3, 0.4) is 0 Å². The van der Waals surface area contributed by atoms with Gasteiger partial charge in [-0.25, -0.2) is 4.98 Å². The maximum atomic E-state index is 12.5. The summed E-state index contributed by atoms with van der Waals surface area (Å²) in [5, 5.41) is 7.41. The summed E-state index contributed by atoms with van der Waals surface area (Å²) in [5.41, 5.74) is 1.77. The monoisotopic (exact) mass is 335 g/mol. The number of benzene rings is 1. The molecule has 7 nitrogen and oxygen atoms in total. The third kappa shape index (κ3) is 3.21. The van der Waals surface area contributed by atoms with Crippen LogP contribution in [0, 0.1) is 6.92 Å². The Morgan fingerprint density at radius 1 is 1.24 bits per heavy atom. The Kier molecular flexibility index (Phi) is 3.68. The second-order valence-electron chi connectivity index (χ2n) is 6.17. The summed E-state index contributed by atoms with van der Waals surface area (Å²) in [6, 6.07) is 12.2. The fourth-order valence-electron chi connectivity index (χ4n) is 2.67. The number of anilines is 1. The number of carbonyl (C=O) groups excluding carboxylic acids is 1. The summed E-state index contributed by atoms with van der Waals surface area (Å²) in [5.74, 6) is 0.953. The van der Waals surface area contributed by atoms with Gasteiger partial charge in [-0.05, 0) is 31.9 Å². The van der Waals surface area contributed by atoms with E-state index in [0.29, 0.717) is 28.9 Å². The number of aryl methyl sites for hydroxylation is 1. The van der Waals surface area contributed by atoms with E-state index >= 15 is 0 Å². The minimum Gasteiger partial charge on any atom is -0.306 e. The van der Waals surface area contributed by atoms with E-state index in [1.807, 2.05) is 12.1 Å².